The van der Waals surface area contributed by atoms with Gasteiger partial charge in [-0.3, -0.25) is 4.79 Å². The average molecular weight is 416 g/mol. The monoisotopic (exact) mass is 415 g/mol. The van der Waals surface area contributed by atoms with Crippen LogP contribution in [0.5, 0.6) is 0 Å². The summed E-state index contributed by atoms with van der Waals surface area (Å²) in [5.41, 5.74) is 3.46. The summed E-state index contributed by atoms with van der Waals surface area (Å²) in [5.74, 6) is -0.117. The molecule has 1 saturated heterocycles. The van der Waals surface area contributed by atoms with Crippen LogP contribution in [0.3, 0.4) is 0 Å². The molecule has 1 aromatic heterocycles. The minimum absolute atomic E-state index is 0.117. The first-order valence-corrected chi connectivity index (χ1v) is 9.75. The fourth-order valence-corrected chi connectivity index (χ4v) is 3.97. The van der Waals surface area contributed by atoms with E-state index in [0.717, 1.165) is 48.5 Å². The molecule has 144 valence electrons. The molecule has 28 heavy (non-hydrogen) atoms. The highest BCUT2D eigenvalue weighted by atomic mass is 35.5. The standard InChI is InChI=1S/C20H19Cl2N5O/c1-13(28)24-15-9-14(21)10-16(11-15)26-5-7-27(8-6-26)19-12-23-25-20-17(19)3-2-4-18(20)22/h2-4,9-12H,5-8H2,1H3,(H,24,28). The highest BCUT2D eigenvalue weighted by Crippen LogP contribution is 2.31. The van der Waals surface area contributed by atoms with Gasteiger partial charge in [-0.1, -0.05) is 35.3 Å². The molecule has 1 aliphatic rings. The zero-order chi connectivity index (χ0) is 19.7. The van der Waals surface area contributed by atoms with E-state index >= 15 is 0 Å². The van der Waals surface area contributed by atoms with Crippen molar-refractivity contribution in [3.63, 3.8) is 0 Å². The van der Waals surface area contributed by atoms with E-state index in [0.29, 0.717) is 15.7 Å². The maximum absolute atomic E-state index is 11.3. The van der Waals surface area contributed by atoms with Crippen LogP contribution >= 0.6 is 23.2 Å². The van der Waals surface area contributed by atoms with Gasteiger partial charge in [0.2, 0.25) is 5.91 Å². The lowest BCUT2D eigenvalue weighted by molar-refractivity contribution is -0.114. The Morgan fingerprint density at radius 3 is 2.57 bits per heavy atom. The fourth-order valence-electron chi connectivity index (χ4n) is 3.52. The Morgan fingerprint density at radius 2 is 1.82 bits per heavy atom. The van der Waals surface area contributed by atoms with Crippen LogP contribution in [0.15, 0.2) is 42.6 Å². The highest BCUT2D eigenvalue weighted by molar-refractivity contribution is 6.35. The van der Waals surface area contributed by atoms with Gasteiger partial charge in [0.25, 0.3) is 0 Å². The number of nitrogens with zero attached hydrogens (tertiary/aromatic N) is 4. The molecule has 6 nitrogen and oxygen atoms in total. The normalized spacial score (nSPS) is 14.4. The van der Waals surface area contributed by atoms with Crippen molar-refractivity contribution in [2.45, 2.75) is 6.92 Å². The van der Waals surface area contributed by atoms with Crippen LogP contribution in [-0.4, -0.2) is 42.3 Å². The van der Waals surface area contributed by atoms with Gasteiger partial charge in [-0.15, -0.1) is 5.10 Å². The molecule has 2 aromatic carbocycles. The second-order valence-corrected chi connectivity index (χ2v) is 7.56. The summed E-state index contributed by atoms with van der Waals surface area (Å²) < 4.78 is 0. The Bertz CT molecular complexity index is 1030. The Morgan fingerprint density at radius 1 is 1.07 bits per heavy atom. The van der Waals surface area contributed by atoms with Crippen LogP contribution in [0.25, 0.3) is 10.9 Å². The van der Waals surface area contributed by atoms with E-state index in [1.54, 1.807) is 12.3 Å². The van der Waals surface area contributed by atoms with Gasteiger partial charge in [0.15, 0.2) is 0 Å². The van der Waals surface area contributed by atoms with Crippen LogP contribution in [0.4, 0.5) is 17.1 Å². The molecule has 3 aromatic rings. The smallest absolute Gasteiger partial charge is 0.221 e. The third-order valence-electron chi connectivity index (χ3n) is 4.79. The molecule has 1 aliphatic heterocycles. The van der Waals surface area contributed by atoms with Gasteiger partial charge in [-0.05, 0) is 24.3 Å². The van der Waals surface area contributed by atoms with Crippen LogP contribution in [0, 0.1) is 0 Å². The molecule has 1 amide bonds. The van der Waals surface area contributed by atoms with Crippen molar-refractivity contribution in [3.8, 4) is 0 Å². The molecule has 0 saturated carbocycles. The number of nitrogens with one attached hydrogen (secondary N) is 1. The molecular formula is C20H19Cl2N5O. The molecule has 0 spiro atoms. The van der Waals surface area contributed by atoms with Crippen molar-refractivity contribution >= 4 is 57.1 Å². The van der Waals surface area contributed by atoms with Crippen LogP contribution < -0.4 is 15.1 Å². The lowest BCUT2D eigenvalue weighted by Crippen LogP contribution is -2.46. The third-order valence-corrected chi connectivity index (χ3v) is 5.31. The van der Waals surface area contributed by atoms with Crippen molar-refractivity contribution in [2.75, 3.05) is 41.3 Å². The lowest BCUT2D eigenvalue weighted by Gasteiger charge is -2.37. The minimum atomic E-state index is -0.117. The van der Waals surface area contributed by atoms with Crippen molar-refractivity contribution in [1.29, 1.82) is 0 Å². The summed E-state index contributed by atoms with van der Waals surface area (Å²) in [7, 11) is 0. The number of halogens is 2. The number of aromatic nitrogens is 2. The first-order valence-electron chi connectivity index (χ1n) is 8.99. The molecule has 8 heteroatoms. The van der Waals surface area contributed by atoms with Crippen molar-refractivity contribution in [2.24, 2.45) is 0 Å². The van der Waals surface area contributed by atoms with Gasteiger partial charge < -0.3 is 15.1 Å². The van der Waals surface area contributed by atoms with E-state index in [2.05, 4.69) is 25.3 Å². The van der Waals surface area contributed by atoms with Crippen molar-refractivity contribution < 1.29 is 4.79 Å². The summed E-state index contributed by atoms with van der Waals surface area (Å²) in [6.45, 7) is 4.79. The molecular weight excluding hydrogens is 397 g/mol. The number of benzene rings is 2. The lowest BCUT2D eigenvalue weighted by atomic mass is 10.1. The predicted molar refractivity (Wildman–Crippen MR) is 115 cm³/mol. The molecule has 1 N–H and O–H groups in total. The first-order chi connectivity index (χ1) is 13.5. The predicted octanol–water partition coefficient (Wildman–Crippen LogP) is 4.22. The summed E-state index contributed by atoms with van der Waals surface area (Å²) in [6.07, 6.45) is 1.79. The van der Waals surface area contributed by atoms with Crippen molar-refractivity contribution in [3.05, 3.63) is 52.6 Å². The zero-order valence-corrected chi connectivity index (χ0v) is 16.8. The molecule has 2 heterocycles. The Balaban J connectivity index is 1.54. The number of piperazine rings is 1. The van der Waals surface area contributed by atoms with Gasteiger partial charge in [-0.2, -0.15) is 5.10 Å². The Hall–Kier alpha value is -2.57. The number of fused-ring (bicyclic) bond motifs is 1. The minimum Gasteiger partial charge on any atom is -0.368 e. The van der Waals surface area contributed by atoms with E-state index < -0.39 is 0 Å². The van der Waals surface area contributed by atoms with Crippen molar-refractivity contribution in [1.82, 2.24) is 10.2 Å². The number of rotatable bonds is 3. The highest BCUT2D eigenvalue weighted by Gasteiger charge is 2.20. The second kappa shape index (κ2) is 7.81. The molecule has 0 aliphatic carbocycles. The third kappa shape index (κ3) is 3.84. The summed E-state index contributed by atoms with van der Waals surface area (Å²) in [6, 6.07) is 11.4. The van der Waals surface area contributed by atoms with E-state index in [1.807, 2.05) is 30.3 Å². The number of amides is 1. The topological polar surface area (TPSA) is 61.4 Å². The Labute approximate surface area is 173 Å². The van der Waals surface area contributed by atoms with Gasteiger partial charge in [0.05, 0.1) is 16.9 Å². The van der Waals surface area contributed by atoms with E-state index in [1.165, 1.54) is 6.92 Å². The molecule has 4 rings (SSSR count). The average Bonchev–Trinajstić information content (AvgIpc) is 2.67. The van der Waals surface area contributed by atoms with Crippen LogP contribution in [0.1, 0.15) is 6.92 Å². The van der Waals surface area contributed by atoms with Gasteiger partial charge in [0, 0.05) is 54.9 Å². The SMILES string of the molecule is CC(=O)Nc1cc(Cl)cc(N2CCN(c3cnnc4c(Cl)cccc34)CC2)c1. The number of hydrogen-bond acceptors (Lipinski definition) is 5. The number of carbonyl (C=O) groups excluding carboxylic acids is 1. The Kier molecular flexibility index (Phi) is 5.24. The number of anilines is 3. The van der Waals surface area contributed by atoms with Gasteiger partial charge in [0.1, 0.15) is 5.52 Å². The first kappa shape index (κ1) is 18.8. The number of hydrogen-bond donors (Lipinski definition) is 1. The largest absolute Gasteiger partial charge is 0.368 e. The summed E-state index contributed by atoms with van der Waals surface area (Å²) in [4.78, 5) is 15.9. The number of carbonyl (C=O) groups is 1. The molecule has 0 atom stereocenters. The van der Waals surface area contributed by atoms with E-state index in [-0.39, 0.29) is 5.91 Å². The van der Waals surface area contributed by atoms with E-state index in [9.17, 15) is 4.79 Å². The molecule has 0 bridgehead atoms. The van der Waals surface area contributed by atoms with Crippen LogP contribution in [-0.2, 0) is 4.79 Å². The molecule has 0 unspecified atom stereocenters. The van der Waals surface area contributed by atoms with Crippen LogP contribution in [0.2, 0.25) is 10.0 Å². The maximum Gasteiger partial charge on any atom is 0.221 e. The quantitative estimate of drug-likeness (QED) is 0.693. The maximum atomic E-state index is 11.3. The second-order valence-electron chi connectivity index (χ2n) is 6.72. The van der Waals surface area contributed by atoms with E-state index in [4.69, 9.17) is 23.2 Å². The van der Waals surface area contributed by atoms with Gasteiger partial charge in [-0.25, -0.2) is 0 Å². The summed E-state index contributed by atoms with van der Waals surface area (Å²) >= 11 is 12.5. The van der Waals surface area contributed by atoms with Gasteiger partial charge >= 0.3 is 0 Å². The molecule has 0 radical (unpaired) electrons. The zero-order valence-electron chi connectivity index (χ0n) is 15.3. The summed E-state index contributed by atoms with van der Waals surface area (Å²) in [5, 5.41) is 13.3. The fraction of sp³-hybridized carbons (Fsp3) is 0.250. The molecule has 1 fully saturated rings.